The topological polar surface area (TPSA) is 98.0 Å². The molecular formula is C20H17FN4O3S. The number of hydrogen-bond donors (Lipinski definition) is 1. The minimum atomic E-state index is -3.33. The van der Waals surface area contributed by atoms with Crippen molar-refractivity contribution in [3.8, 4) is 11.5 Å². The highest BCUT2D eigenvalue weighted by atomic mass is 32.2. The molecule has 148 valence electrons. The standard InChI is InChI=1S/C20H17FN4O3S/c1-29(26,27)16-6-7-18-17(10-16)19(24-12-23-18)22-9-8-15-11-28-20(25-15)13-2-4-14(21)5-3-13/h2-7,10-12H,8-9H2,1H3,(H,22,23,24). The van der Waals surface area contributed by atoms with Gasteiger partial charge in [-0.15, -0.1) is 0 Å². The van der Waals surface area contributed by atoms with Crippen LogP contribution in [0.25, 0.3) is 22.4 Å². The lowest BCUT2D eigenvalue weighted by Gasteiger charge is -2.08. The van der Waals surface area contributed by atoms with Crippen LogP contribution in [0.5, 0.6) is 0 Å². The van der Waals surface area contributed by atoms with E-state index in [0.717, 1.165) is 11.9 Å². The summed E-state index contributed by atoms with van der Waals surface area (Å²) in [6.07, 6.45) is 4.70. The first-order chi connectivity index (χ1) is 13.9. The zero-order valence-electron chi connectivity index (χ0n) is 15.5. The highest BCUT2D eigenvalue weighted by Crippen LogP contribution is 2.23. The summed E-state index contributed by atoms with van der Waals surface area (Å²) >= 11 is 0. The van der Waals surface area contributed by atoms with E-state index in [0.29, 0.717) is 41.1 Å². The van der Waals surface area contributed by atoms with E-state index in [1.165, 1.54) is 24.5 Å². The van der Waals surface area contributed by atoms with Gasteiger partial charge < -0.3 is 9.73 Å². The third-order valence-electron chi connectivity index (χ3n) is 4.35. The van der Waals surface area contributed by atoms with Crippen LogP contribution in [0.15, 0.2) is 64.4 Å². The van der Waals surface area contributed by atoms with Gasteiger partial charge >= 0.3 is 0 Å². The number of oxazole rings is 1. The van der Waals surface area contributed by atoms with Crippen LogP contribution in [0.4, 0.5) is 10.2 Å². The molecule has 9 heteroatoms. The molecule has 0 radical (unpaired) electrons. The molecule has 2 heterocycles. The van der Waals surface area contributed by atoms with E-state index in [4.69, 9.17) is 4.42 Å². The fourth-order valence-electron chi connectivity index (χ4n) is 2.86. The predicted octanol–water partition coefficient (Wildman–Crippen LogP) is 3.48. The van der Waals surface area contributed by atoms with Crippen molar-refractivity contribution in [2.45, 2.75) is 11.3 Å². The highest BCUT2D eigenvalue weighted by Gasteiger charge is 2.12. The van der Waals surface area contributed by atoms with E-state index in [1.54, 1.807) is 30.5 Å². The second-order valence-electron chi connectivity index (χ2n) is 6.50. The van der Waals surface area contributed by atoms with Crippen LogP contribution >= 0.6 is 0 Å². The molecule has 2 aromatic heterocycles. The molecule has 0 saturated heterocycles. The molecule has 2 aromatic carbocycles. The van der Waals surface area contributed by atoms with Gasteiger partial charge in [-0.05, 0) is 42.5 Å². The summed E-state index contributed by atoms with van der Waals surface area (Å²) < 4.78 is 42.1. The summed E-state index contributed by atoms with van der Waals surface area (Å²) in [6, 6.07) is 10.7. The molecule has 0 saturated carbocycles. The third-order valence-corrected chi connectivity index (χ3v) is 5.46. The van der Waals surface area contributed by atoms with E-state index in [-0.39, 0.29) is 10.7 Å². The van der Waals surface area contributed by atoms with Crippen LogP contribution in [0.3, 0.4) is 0 Å². The molecule has 4 aromatic rings. The molecule has 0 aliphatic heterocycles. The van der Waals surface area contributed by atoms with E-state index >= 15 is 0 Å². The molecule has 0 bridgehead atoms. The van der Waals surface area contributed by atoms with Crippen molar-refractivity contribution in [3.63, 3.8) is 0 Å². The second kappa shape index (κ2) is 7.59. The largest absolute Gasteiger partial charge is 0.444 e. The van der Waals surface area contributed by atoms with Gasteiger partial charge in [-0.3, -0.25) is 0 Å². The molecule has 0 amide bonds. The van der Waals surface area contributed by atoms with E-state index in [1.807, 2.05) is 0 Å². The third kappa shape index (κ3) is 4.24. The van der Waals surface area contributed by atoms with Crippen LogP contribution < -0.4 is 5.32 Å². The zero-order chi connectivity index (χ0) is 20.4. The summed E-state index contributed by atoms with van der Waals surface area (Å²) in [7, 11) is -3.33. The molecule has 29 heavy (non-hydrogen) atoms. The number of hydrogen-bond acceptors (Lipinski definition) is 7. The number of anilines is 1. The first-order valence-corrected chi connectivity index (χ1v) is 10.7. The average molecular weight is 412 g/mol. The maximum absolute atomic E-state index is 13.0. The van der Waals surface area contributed by atoms with E-state index in [2.05, 4.69) is 20.3 Å². The number of benzene rings is 2. The summed E-state index contributed by atoms with van der Waals surface area (Å²) in [6.45, 7) is 0.505. The normalized spacial score (nSPS) is 11.7. The first-order valence-electron chi connectivity index (χ1n) is 8.79. The van der Waals surface area contributed by atoms with Crippen molar-refractivity contribution in [1.82, 2.24) is 15.0 Å². The summed E-state index contributed by atoms with van der Waals surface area (Å²) in [5, 5.41) is 3.82. The Labute approximate surface area is 166 Å². The van der Waals surface area contributed by atoms with Crippen LogP contribution in [0.1, 0.15) is 5.69 Å². The van der Waals surface area contributed by atoms with Gasteiger partial charge in [0.05, 0.1) is 16.1 Å². The molecular weight excluding hydrogens is 395 g/mol. The number of sulfone groups is 1. The zero-order valence-corrected chi connectivity index (χ0v) is 16.3. The Hall–Kier alpha value is -3.33. The highest BCUT2D eigenvalue weighted by molar-refractivity contribution is 7.90. The van der Waals surface area contributed by atoms with Gasteiger partial charge in [0.2, 0.25) is 5.89 Å². The number of nitrogens with zero attached hydrogens (tertiary/aromatic N) is 3. The maximum atomic E-state index is 13.0. The molecule has 0 atom stereocenters. The van der Waals surface area contributed by atoms with Crippen LogP contribution in [-0.2, 0) is 16.3 Å². The molecule has 7 nitrogen and oxygen atoms in total. The minimum Gasteiger partial charge on any atom is -0.444 e. The molecule has 1 N–H and O–H groups in total. The lowest BCUT2D eigenvalue weighted by Crippen LogP contribution is -2.07. The van der Waals surface area contributed by atoms with E-state index in [9.17, 15) is 12.8 Å². The lowest BCUT2D eigenvalue weighted by molar-refractivity contribution is 0.572. The Morgan fingerprint density at radius 2 is 1.90 bits per heavy atom. The Balaban J connectivity index is 1.48. The molecule has 0 aliphatic carbocycles. The SMILES string of the molecule is CS(=O)(=O)c1ccc2ncnc(NCCc3coc(-c4ccc(F)cc4)n3)c2c1. The van der Waals surface area contributed by atoms with Gasteiger partial charge in [-0.2, -0.15) is 0 Å². The number of nitrogens with one attached hydrogen (secondary N) is 1. The summed E-state index contributed by atoms with van der Waals surface area (Å²) in [4.78, 5) is 13.0. The van der Waals surface area contributed by atoms with Gasteiger partial charge in [0.1, 0.15) is 24.2 Å². The maximum Gasteiger partial charge on any atom is 0.226 e. The number of fused-ring (bicyclic) bond motifs is 1. The number of halogens is 1. The van der Waals surface area contributed by atoms with Crippen molar-refractivity contribution in [2.24, 2.45) is 0 Å². The van der Waals surface area contributed by atoms with Crippen LogP contribution in [-0.4, -0.2) is 36.2 Å². The van der Waals surface area contributed by atoms with Gasteiger partial charge in [0.25, 0.3) is 0 Å². The number of rotatable bonds is 6. The molecule has 0 spiro atoms. The predicted molar refractivity (Wildman–Crippen MR) is 107 cm³/mol. The molecule has 0 aliphatic rings. The molecule has 0 unspecified atom stereocenters. The fraction of sp³-hybridized carbons (Fsp3) is 0.150. The Morgan fingerprint density at radius 3 is 2.66 bits per heavy atom. The monoisotopic (exact) mass is 412 g/mol. The second-order valence-corrected chi connectivity index (χ2v) is 8.52. The number of aromatic nitrogens is 3. The van der Waals surface area contributed by atoms with Crippen molar-refractivity contribution in [1.29, 1.82) is 0 Å². The smallest absolute Gasteiger partial charge is 0.226 e. The van der Waals surface area contributed by atoms with Gasteiger partial charge in [-0.1, -0.05) is 0 Å². The van der Waals surface area contributed by atoms with Crippen molar-refractivity contribution >= 4 is 26.6 Å². The quantitative estimate of drug-likeness (QED) is 0.518. The Kier molecular flexibility index (Phi) is 4.98. The summed E-state index contributed by atoms with van der Waals surface area (Å²) in [5.74, 6) is 0.647. The van der Waals surface area contributed by atoms with Gasteiger partial charge in [0, 0.05) is 30.2 Å². The Bertz CT molecular complexity index is 1270. The van der Waals surface area contributed by atoms with Crippen LogP contribution in [0, 0.1) is 5.82 Å². The van der Waals surface area contributed by atoms with Crippen molar-refractivity contribution in [2.75, 3.05) is 18.1 Å². The van der Waals surface area contributed by atoms with Gasteiger partial charge in [0.15, 0.2) is 9.84 Å². The van der Waals surface area contributed by atoms with E-state index < -0.39 is 9.84 Å². The average Bonchev–Trinajstić information content (AvgIpc) is 3.16. The fourth-order valence-corrected chi connectivity index (χ4v) is 3.51. The first kappa shape index (κ1) is 19.0. The molecule has 0 fully saturated rings. The minimum absolute atomic E-state index is 0.211. The van der Waals surface area contributed by atoms with Crippen LogP contribution in [0.2, 0.25) is 0 Å². The molecule has 4 rings (SSSR count). The van der Waals surface area contributed by atoms with Crippen molar-refractivity contribution in [3.05, 3.63) is 66.6 Å². The lowest BCUT2D eigenvalue weighted by atomic mass is 10.2. The van der Waals surface area contributed by atoms with Crippen molar-refractivity contribution < 1.29 is 17.2 Å². The summed E-state index contributed by atoms with van der Waals surface area (Å²) in [5.41, 5.74) is 2.07. The Morgan fingerprint density at radius 1 is 1.10 bits per heavy atom. The van der Waals surface area contributed by atoms with Gasteiger partial charge in [-0.25, -0.2) is 27.8 Å².